The summed E-state index contributed by atoms with van der Waals surface area (Å²) in [5.74, 6) is -0.484. The van der Waals surface area contributed by atoms with Gasteiger partial charge in [-0.15, -0.1) is 0 Å². The lowest BCUT2D eigenvalue weighted by Crippen LogP contribution is -2.41. The second-order valence-corrected chi connectivity index (χ2v) is 5.45. The van der Waals surface area contributed by atoms with E-state index >= 15 is 0 Å². The van der Waals surface area contributed by atoms with E-state index in [0.717, 1.165) is 11.0 Å². The Kier molecular flexibility index (Phi) is 2.79. The lowest BCUT2D eigenvalue weighted by molar-refractivity contribution is 0.00578. The summed E-state index contributed by atoms with van der Waals surface area (Å²) < 4.78 is 24.7. The number of nitrogens with zero attached hydrogens (tertiary/aromatic N) is 1. The average Bonchev–Trinajstić information content (AvgIpc) is 2.35. The number of pyridine rings is 1. The van der Waals surface area contributed by atoms with Crippen LogP contribution in [0.4, 0.5) is 4.39 Å². The summed E-state index contributed by atoms with van der Waals surface area (Å²) in [7, 11) is -0.479. The van der Waals surface area contributed by atoms with Crippen LogP contribution in [0.15, 0.2) is 12.3 Å². The minimum Gasteiger partial charge on any atom is -0.399 e. The third-order valence-electron chi connectivity index (χ3n) is 3.63. The molecule has 1 aliphatic rings. The monoisotopic (exact) mass is 237 g/mol. The van der Waals surface area contributed by atoms with Crippen molar-refractivity contribution in [2.24, 2.45) is 0 Å². The second-order valence-electron chi connectivity index (χ2n) is 5.45. The van der Waals surface area contributed by atoms with E-state index in [1.54, 1.807) is 0 Å². The molecule has 0 saturated carbocycles. The number of halogens is 1. The molecule has 0 atom stereocenters. The molecule has 1 aliphatic heterocycles. The van der Waals surface area contributed by atoms with Crippen LogP contribution in [-0.2, 0) is 9.31 Å². The van der Waals surface area contributed by atoms with Crippen molar-refractivity contribution in [1.29, 1.82) is 0 Å². The fourth-order valence-electron chi connectivity index (χ4n) is 1.75. The summed E-state index contributed by atoms with van der Waals surface area (Å²) in [6.07, 6.45) is 1.48. The van der Waals surface area contributed by atoms with Gasteiger partial charge in [-0.25, -0.2) is 4.98 Å². The van der Waals surface area contributed by atoms with Crippen molar-refractivity contribution in [1.82, 2.24) is 4.98 Å². The van der Waals surface area contributed by atoms with Gasteiger partial charge in [-0.1, -0.05) is 0 Å². The van der Waals surface area contributed by atoms with Gasteiger partial charge in [0.25, 0.3) is 0 Å². The van der Waals surface area contributed by atoms with Crippen molar-refractivity contribution in [3.8, 4) is 0 Å². The molecule has 0 unspecified atom stereocenters. The Morgan fingerprint density at radius 3 is 2.18 bits per heavy atom. The number of hydrogen-bond acceptors (Lipinski definition) is 3. The van der Waals surface area contributed by atoms with E-state index in [0.29, 0.717) is 0 Å². The Labute approximate surface area is 101 Å². The zero-order valence-electron chi connectivity index (χ0n) is 10.9. The van der Waals surface area contributed by atoms with E-state index < -0.39 is 24.3 Å². The zero-order valence-corrected chi connectivity index (χ0v) is 10.9. The first kappa shape index (κ1) is 12.5. The molecule has 0 spiro atoms. The third-order valence-corrected chi connectivity index (χ3v) is 3.63. The van der Waals surface area contributed by atoms with E-state index in [1.165, 1.54) is 12.3 Å². The highest BCUT2D eigenvalue weighted by Crippen LogP contribution is 2.36. The molecule has 1 aromatic heterocycles. The zero-order chi connectivity index (χ0) is 12.8. The van der Waals surface area contributed by atoms with Gasteiger partial charge in [0.15, 0.2) is 0 Å². The summed E-state index contributed by atoms with van der Waals surface area (Å²) in [4.78, 5) is 3.65. The normalized spacial score (nSPS) is 21.9. The first-order valence-electron chi connectivity index (χ1n) is 5.71. The Morgan fingerprint density at radius 2 is 1.71 bits per heavy atom. The van der Waals surface area contributed by atoms with Crippen LogP contribution in [0.25, 0.3) is 0 Å². The molecule has 0 aromatic carbocycles. The molecule has 2 heterocycles. The van der Waals surface area contributed by atoms with Crippen molar-refractivity contribution >= 4 is 12.6 Å². The molecule has 3 nitrogen and oxygen atoms in total. The Morgan fingerprint density at radius 1 is 1.18 bits per heavy atom. The minimum absolute atomic E-state index is 0.390. The molecule has 17 heavy (non-hydrogen) atoms. The molecule has 0 radical (unpaired) electrons. The molecule has 2 rings (SSSR count). The minimum atomic E-state index is -0.484. The van der Waals surface area contributed by atoms with E-state index in [2.05, 4.69) is 4.98 Å². The number of rotatable bonds is 1. The molecule has 1 saturated heterocycles. The molecule has 92 valence electrons. The fourth-order valence-corrected chi connectivity index (χ4v) is 1.75. The summed E-state index contributed by atoms with van der Waals surface area (Å²) in [6.45, 7) is 9.77. The Bertz CT molecular complexity index is 432. The van der Waals surface area contributed by atoms with Gasteiger partial charge in [0, 0.05) is 11.7 Å². The molecule has 0 N–H and O–H groups in total. The maximum atomic E-state index is 12.9. The largest absolute Gasteiger partial charge is 0.496 e. The van der Waals surface area contributed by atoms with E-state index in [4.69, 9.17) is 9.31 Å². The molecular weight excluding hydrogens is 220 g/mol. The van der Waals surface area contributed by atoms with Crippen molar-refractivity contribution in [3.63, 3.8) is 0 Å². The summed E-state index contributed by atoms with van der Waals surface area (Å²) in [5.41, 5.74) is 0.790. The average molecular weight is 237 g/mol. The van der Waals surface area contributed by atoms with Crippen molar-refractivity contribution in [3.05, 3.63) is 23.8 Å². The van der Waals surface area contributed by atoms with Crippen molar-refractivity contribution in [2.45, 2.75) is 45.8 Å². The van der Waals surface area contributed by atoms with Gasteiger partial charge < -0.3 is 9.31 Å². The van der Waals surface area contributed by atoms with Gasteiger partial charge in [0.1, 0.15) is 0 Å². The predicted octanol–water partition coefficient (Wildman–Crippen LogP) is 1.83. The van der Waals surface area contributed by atoms with Crippen LogP contribution in [0.2, 0.25) is 0 Å². The molecule has 1 aromatic rings. The molecule has 0 aliphatic carbocycles. The molecular formula is C12H17BFNO2. The van der Waals surface area contributed by atoms with Crippen LogP contribution >= 0.6 is 0 Å². The standard InChI is InChI=1S/C12H17BFNO2/c1-8-6-10(14)15-7-9(8)13-16-11(2,3)12(4,5)17-13/h6-7H,1-5H3. The maximum absolute atomic E-state index is 12.9. The predicted molar refractivity (Wildman–Crippen MR) is 64.6 cm³/mol. The lowest BCUT2D eigenvalue weighted by Gasteiger charge is -2.32. The van der Waals surface area contributed by atoms with Crippen LogP contribution in [0, 0.1) is 12.9 Å². The van der Waals surface area contributed by atoms with Crippen LogP contribution < -0.4 is 5.46 Å². The molecule has 5 heteroatoms. The van der Waals surface area contributed by atoms with Gasteiger partial charge in [0.2, 0.25) is 5.95 Å². The van der Waals surface area contributed by atoms with Crippen LogP contribution in [0.1, 0.15) is 33.3 Å². The van der Waals surface area contributed by atoms with Gasteiger partial charge in [-0.3, -0.25) is 0 Å². The van der Waals surface area contributed by atoms with Gasteiger partial charge in [-0.05, 0) is 46.2 Å². The molecule has 0 bridgehead atoms. The summed E-state index contributed by atoms with van der Waals surface area (Å²) in [5, 5.41) is 0. The van der Waals surface area contributed by atoms with Gasteiger partial charge in [0.05, 0.1) is 11.2 Å². The second kappa shape index (κ2) is 3.78. The number of hydrogen-bond donors (Lipinski definition) is 0. The first-order chi connectivity index (χ1) is 7.73. The smallest absolute Gasteiger partial charge is 0.399 e. The highest BCUT2D eigenvalue weighted by atomic mass is 19.1. The number of aryl methyl sites for hydroxylation is 1. The first-order valence-corrected chi connectivity index (χ1v) is 5.71. The maximum Gasteiger partial charge on any atom is 0.496 e. The van der Waals surface area contributed by atoms with E-state index in [1.807, 2.05) is 34.6 Å². The fraction of sp³-hybridized carbons (Fsp3) is 0.583. The van der Waals surface area contributed by atoms with Crippen LogP contribution in [-0.4, -0.2) is 23.3 Å². The quantitative estimate of drug-likeness (QED) is 0.551. The molecule has 0 amide bonds. The highest BCUT2D eigenvalue weighted by molar-refractivity contribution is 6.62. The van der Waals surface area contributed by atoms with Crippen LogP contribution in [0.5, 0.6) is 0 Å². The van der Waals surface area contributed by atoms with Gasteiger partial charge >= 0.3 is 7.12 Å². The highest BCUT2D eigenvalue weighted by Gasteiger charge is 2.52. The van der Waals surface area contributed by atoms with Crippen molar-refractivity contribution < 1.29 is 13.7 Å². The SMILES string of the molecule is Cc1cc(F)ncc1B1OC(C)(C)C(C)(C)O1. The third kappa shape index (κ3) is 2.09. The lowest BCUT2D eigenvalue weighted by atomic mass is 9.77. The molecule has 1 fully saturated rings. The van der Waals surface area contributed by atoms with Crippen LogP contribution in [0.3, 0.4) is 0 Å². The number of aromatic nitrogens is 1. The van der Waals surface area contributed by atoms with Crippen molar-refractivity contribution in [2.75, 3.05) is 0 Å². The Balaban J connectivity index is 2.32. The summed E-state index contributed by atoms with van der Waals surface area (Å²) in [6, 6.07) is 1.39. The van der Waals surface area contributed by atoms with E-state index in [9.17, 15) is 4.39 Å². The topological polar surface area (TPSA) is 31.4 Å². The summed E-state index contributed by atoms with van der Waals surface area (Å²) >= 11 is 0. The van der Waals surface area contributed by atoms with E-state index in [-0.39, 0.29) is 0 Å². The van der Waals surface area contributed by atoms with Gasteiger partial charge in [-0.2, -0.15) is 4.39 Å². The Hall–Kier alpha value is -0.935.